The van der Waals surface area contributed by atoms with Crippen molar-refractivity contribution in [1.29, 1.82) is 5.26 Å². The predicted molar refractivity (Wildman–Crippen MR) is 148 cm³/mol. The van der Waals surface area contributed by atoms with Gasteiger partial charge in [-0.25, -0.2) is 0 Å². The molecule has 1 aliphatic carbocycles. The molecule has 6 nitrogen and oxygen atoms in total. The number of hydrogen-bond acceptors (Lipinski definition) is 6. The highest BCUT2D eigenvalue weighted by molar-refractivity contribution is 8.00. The first-order chi connectivity index (χ1) is 19.8. The molecule has 0 aromatic heterocycles. The number of hydrogen-bond donors (Lipinski definition) is 2. The van der Waals surface area contributed by atoms with Crippen LogP contribution >= 0.6 is 23.4 Å². The maximum atomic E-state index is 13.2. The van der Waals surface area contributed by atoms with Gasteiger partial charge in [0, 0.05) is 41.4 Å². The lowest BCUT2D eigenvalue weighted by Gasteiger charge is -2.34. The minimum absolute atomic E-state index is 0.0155. The summed E-state index contributed by atoms with van der Waals surface area (Å²) in [5, 5.41) is 15.4. The Labute approximate surface area is 248 Å². The van der Waals surface area contributed by atoms with E-state index in [2.05, 4.69) is 10.6 Å². The quantitative estimate of drug-likeness (QED) is 0.229. The molecule has 1 saturated carbocycles. The lowest BCUT2D eigenvalue weighted by Crippen LogP contribution is -2.44. The molecule has 14 heteroatoms. The molecule has 2 aromatic carbocycles. The van der Waals surface area contributed by atoms with Gasteiger partial charge in [-0.2, -0.15) is 31.6 Å². The Bertz CT molecular complexity index is 1290. The van der Waals surface area contributed by atoms with Crippen LogP contribution in [0.3, 0.4) is 0 Å². The van der Waals surface area contributed by atoms with Crippen LogP contribution in [0.2, 0.25) is 5.02 Å². The fourth-order valence-electron chi connectivity index (χ4n) is 5.16. The van der Waals surface area contributed by atoms with Crippen LogP contribution in [-0.2, 0) is 15.7 Å². The number of piperidine rings is 1. The first-order valence-corrected chi connectivity index (χ1v) is 14.6. The summed E-state index contributed by atoms with van der Waals surface area (Å²) in [6.07, 6.45) is -0.788. The number of alkyl halides is 6. The summed E-state index contributed by atoms with van der Waals surface area (Å²) in [6.45, 7) is 0.965. The number of nitrogens with one attached hydrogen (secondary N) is 2. The molecule has 4 rings (SSSR count). The molecular weight excluding hydrogens is 606 g/mol. The van der Waals surface area contributed by atoms with Crippen molar-refractivity contribution in [3.8, 4) is 6.07 Å². The van der Waals surface area contributed by atoms with Gasteiger partial charge in [-0.15, -0.1) is 0 Å². The van der Waals surface area contributed by atoms with E-state index >= 15 is 0 Å². The van der Waals surface area contributed by atoms with Gasteiger partial charge in [0.25, 0.3) is 0 Å². The number of thioether (sulfide) groups is 1. The van der Waals surface area contributed by atoms with Crippen molar-refractivity contribution < 1.29 is 35.9 Å². The van der Waals surface area contributed by atoms with Gasteiger partial charge in [0.05, 0.1) is 28.3 Å². The zero-order chi connectivity index (χ0) is 30.5. The van der Waals surface area contributed by atoms with E-state index in [0.717, 1.165) is 12.1 Å². The van der Waals surface area contributed by atoms with Crippen molar-refractivity contribution in [2.75, 3.05) is 30.3 Å². The highest BCUT2D eigenvalue weighted by atomic mass is 35.5. The number of rotatable bonds is 8. The second-order valence-electron chi connectivity index (χ2n) is 10.3. The number of benzene rings is 2. The Morgan fingerprint density at radius 3 is 2.12 bits per heavy atom. The van der Waals surface area contributed by atoms with Crippen LogP contribution in [-0.4, -0.2) is 54.2 Å². The SMILES string of the molecule is N#Cc1ccc(NC2CCC(OCC(=O)N3CCC(Nc4ccc(SC(F)(F)F)c(Cl)c4)CC3)CC2)cc1C(F)(F)F. The van der Waals surface area contributed by atoms with Gasteiger partial charge in [-0.3, -0.25) is 4.79 Å². The topological polar surface area (TPSA) is 77.4 Å². The van der Waals surface area contributed by atoms with Crippen LogP contribution in [0, 0.1) is 11.3 Å². The summed E-state index contributed by atoms with van der Waals surface area (Å²) < 4.78 is 83.4. The van der Waals surface area contributed by atoms with Crippen LogP contribution in [0.25, 0.3) is 0 Å². The molecule has 1 amide bonds. The molecule has 2 aliphatic rings. The largest absolute Gasteiger partial charge is 0.446 e. The molecular formula is C28H29ClF6N4O2S. The van der Waals surface area contributed by atoms with Gasteiger partial charge in [0.2, 0.25) is 5.91 Å². The van der Waals surface area contributed by atoms with Gasteiger partial charge < -0.3 is 20.3 Å². The minimum Gasteiger partial charge on any atom is -0.382 e. The van der Waals surface area contributed by atoms with Crippen molar-refractivity contribution in [1.82, 2.24) is 4.90 Å². The van der Waals surface area contributed by atoms with Crippen molar-refractivity contribution in [3.05, 3.63) is 52.5 Å². The van der Waals surface area contributed by atoms with E-state index in [9.17, 15) is 31.1 Å². The number of carbonyl (C=O) groups is 1. The number of ether oxygens (including phenoxy) is 1. The van der Waals surface area contributed by atoms with Crippen LogP contribution in [0.4, 0.5) is 37.7 Å². The Morgan fingerprint density at radius 2 is 1.55 bits per heavy atom. The number of nitrogens with zero attached hydrogens (tertiary/aromatic N) is 2. The molecule has 1 heterocycles. The van der Waals surface area contributed by atoms with Gasteiger partial charge in [-0.1, -0.05) is 11.6 Å². The van der Waals surface area contributed by atoms with E-state index in [1.807, 2.05) is 0 Å². The molecule has 228 valence electrons. The first-order valence-electron chi connectivity index (χ1n) is 13.4. The summed E-state index contributed by atoms with van der Waals surface area (Å²) in [4.78, 5) is 14.4. The molecule has 0 unspecified atom stereocenters. The molecule has 1 aliphatic heterocycles. The number of amides is 1. The fraction of sp³-hybridized carbons (Fsp3) is 0.500. The third-order valence-corrected chi connectivity index (χ3v) is 8.54. The number of anilines is 2. The maximum Gasteiger partial charge on any atom is 0.446 e. The Hall–Kier alpha value is -2.82. The molecule has 0 radical (unpaired) electrons. The lowest BCUT2D eigenvalue weighted by molar-refractivity contribution is -0.140. The second-order valence-corrected chi connectivity index (χ2v) is 11.8. The molecule has 2 aromatic rings. The number of likely N-dealkylation sites (tertiary alicyclic amines) is 1. The van der Waals surface area contributed by atoms with Gasteiger partial charge in [-0.05, 0) is 86.7 Å². The van der Waals surface area contributed by atoms with Crippen LogP contribution in [0.1, 0.15) is 49.7 Å². The van der Waals surface area contributed by atoms with Crippen molar-refractivity contribution >= 4 is 40.6 Å². The lowest BCUT2D eigenvalue weighted by atomic mass is 9.92. The van der Waals surface area contributed by atoms with Crippen LogP contribution < -0.4 is 10.6 Å². The van der Waals surface area contributed by atoms with E-state index in [-0.39, 0.29) is 52.4 Å². The van der Waals surface area contributed by atoms with Gasteiger partial charge in [0.15, 0.2) is 0 Å². The first kappa shape index (κ1) is 32.1. The third-order valence-electron chi connectivity index (χ3n) is 7.31. The zero-order valence-corrected chi connectivity index (χ0v) is 23.9. The summed E-state index contributed by atoms with van der Waals surface area (Å²) in [5.74, 6) is -0.123. The van der Waals surface area contributed by atoms with E-state index < -0.39 is 22.8 Å². The summed E-state index contributed by atoms with van der Waals surface area (Å²) in [7, 11) is 0. The Kier molecular flexibility index (Phi) is 10.4. The average Bonchev–Trinajstić information content (AvgIpc) is 2.93. The van der Waals surface area contributed by atoms with Crippen molar-refractivity contribution in [2.24, 2.45) is 0 Å². The summed E-state index contributed by atoms with van der Waals surface area (Å²) in [6, 6.07) is 9.52. The van der Waals surface area contributed by atoms with E-state index in [4.69, 9.17) is 21.6 Å². The predicted octanol–water partition coefficient (Wildman–Crippen LogP) is 7.69. The number of halogens is 7. The number of nitriles is 1. The Morgan fingerprint density at radius 1 is 0.952 bits per heavy atom. The van der Waals surface area contributed by atoms with E-state index in [0.29, 0.717) is 63.0 Å². The molecule has 2 N–H and O–H groups in total. The van der Waals surface area contributed by atoms with Gasteiger partial charge in [0.1, 0.15) is 6.61 Å². The molecule has 0 bridgehead atoms. The smallest absolute Gasteiger partial charge is 0.382 e. The highest BCUT2D eigenvalue weighted by Crippen LogP contribution is 2.41. The van der Waals surface area contributed by atoms with Crippen LogP contribution in [0.5, 0.6) is 0 Å². The monoisotopic (exact) mass is 634 g/mol. The molecule has 0 spiro atoms. The summed E-state index contributed by atoms with van der Waals surface area (Å²) >= 11 is 5.75. The molecule has 1 saturated heterocycles. The fourth-order valence-corrected chi connectivity index (χ4v) is 6.00. The molecule has 42 heavy (non-hydrogen) atoms. The third kappa shape index (κ3) is 9.09. The number of carbonyl (C=O) groups excluding carboxylic acids is 1. The summed E-state index contributed by atoms with van der Waals surface area (Å²) in [5.41, 5.74) is -4.88. The van der Waals surface area contributed by atoms with E-state index in [1.165, 1.54) is 18.2 Å². The van der Waals surface area contributed by atoms with Crippen molar-refractivity contribution in [3.63, 3.8) is 0 Å². The zero-order valence-electron chi connectivity index (χ0n) is 22.3. The normalized spacial score (nSPS) is 20.2. The average molecular weight is 635 g/mol. The van der Waals surface area contributed by atoms with Crippen molar-refractivity contribution in [2.45, 2.75) is 73.3 Å². The maximum absolute atomic E-state index is 13.2. The van der Waals surface area contributed by atoms with Crippen LogP contribution in [0.15, 0.2) is 41.3 Å². The standard InChI is InChI=1S/C28H29ClF6N4O2S/c29-24-14-21(5-8-25(24)42-28(33,34)35)38-19-9-11-39(12-10-19)26(40)16-41-22-6-3-18(4-7-22)37-20-2-1-17(15-36)23(13-20)27(30,31)32/h1-2,5,8,13-14,18-19,22,37-38H,3-4,6-7,9-12,16H2. The van der Waals surface area contributed by atoms with Gasteiger partial charge >= 0.3 is 11.7 Å². The molecule has 2 fully saturated rings. The molecule has 0 atom stereocenters. The minimum atomic E-state index is -4.62. The van der Waals surface area contributed by atoms with E-state index in [1.54, 1.807) is 17.0 Å². The Balaban J connectivity index is 1.16. The second kappa shape index (κ2) is 13.7. The highest BCUT2D eigenvalue weighted by Gasteiger charge is 2.34.